The molecule has 2 aliphatic rings. The van der Waals surface area contributed by atoms with Crippen LogP contribution in [-0.2, 0) is 4.74 Å². The van der Waals surface area contributed by atoms with E-state index in [9.17, 15) is 0 Å². The van der Waals surface area contributed by atoms with Crippen molar-refractivity contribution in [2.45, 2.75) is 51.7 Å². The Bertz CT molecular complexity index is 191. The molecule has 13 heavy (non-hydrogen) atoms. The van der Waals surface area contributed by atoms with Gasteiger partial charge in [0.25, 0.3) is 0 Å². The van der Waals surface area contributed by atoms with Crippen molar-refractivity contribution in [3.05, 3.63) is 0 Å². The molecule has 0 saturated carbocycles. The second kappa shape index (κ2) is 3.25. The molecular formula is C11H21NO. The van der Waals surface area contributed by atoms with Gasteiger partial charge in [-0.1, -0.05) is 13.8 Å². The number of nitrogens with two attached hydrogens (primary N) is 1. The maximum Gasteiger partial charge on any atom is 0.0609 e. The van der Waals surface area contributed by atoms with Gasteiger partial charge in [0.2, 0.25) is 0 Å². The average molecular weight is 183 g/mol. The minimum absolute atomic E-state index is 0.304. The summed E-state index contributed by atoms with van der Waals surface area (Å²) in [5.74, 6) is 0.789. The largest absolute Gasteiger partial charge is 0.375 e. The van der Waals surface area contributed by atoms with Crippen LogP contribution in [-0.4, -0.2) is 18.8 Å². The van der Waals surface area contributed by atoms with E-state index >= 15 is 0 Å². The molecule has 0 aromatic carbocycles. The lowest BCUT2D eigenvalue weighted by atomic mass is 9.76. The molecule has 2 heterocycles. The van der Waals surface area contributed by atoms with Gasteiger partial charge >= 0.3 is 0 Å². The molecule has 2 rings (SSSR count). The zero-order valence-electron chi connectivity index (χ0n) is 8.75. The molecule has 0 aromatic rings. The van der Waals surface area contributed by atoms with Crippen molar-refractivity contribution < 1.29 is 4.74 Å². The number of rotatable bonds is 3. The quantitative estimate of drug-likeness (QED) is 0.725. The van der Waals surface area contributed by atoms with E-state index in [0.29, 0.717) is 17.6 Å². The van der Waals surface area contributed by atoms with Crippen molar-refractivity contribution in [2.75, 3.05) is 6.54 Å². The SMILES string of the molecule is CC(C)(CN)CC1CC2CCC1O2. The second-order valence-corrected chi connectivity index (χ2v) is 5.44. The minimum atomic E-state index is 0.304. The molecule has 2 heteroatoms. The molecule has 0 aromatic heterocycles. The van der Waals surface area contributed by atoms with Crippen molar-refractivity contribution >= 4 is 0 Å². The van der Waals surface area contributed by atoms with Crippen LogP contribution >= 0.6 is 0 Å². The summed E-state index contributed by atoms with van der Waals surface area (Å²) in [6.45, 7) is 5.32. The van der Waals surface area contributed by atoms with Gasteiger partial charge < -0.3 is 10.5 Å². The average Bonchev–Trinajstić information content (AvgIpc) is 2.64. The van der Waals surface area contributed by atoms with Crippen molar-refractivity contribution in [1.29, 1.82) is 0 Å². The Kier molecular flexibility index (Phi) is 2.37. The Morgan fingerprint density at radius 1 is 1.38 bits per heavy atom. The van der Waals surface area contributed by atoms with E-state index in [1.54, 1.807) is 0 Å². The predicted molar refractivity (Wildman–Crippen MR) is 53.5 cm³/mol. The number of hydrogen-bond donors (Lipinski definition) is 1. The maximum absolute atomic E-state index is 5.83. The standard InChI is InChI=1S/C11H21NO/c1-11(2,7-12)6-8-5-9-3-4-10(8)13-9/h8-10H,3-7,12H2,1-2H3. The fourth-order valence-electron chi connectivity index (χ4n) is 2.75. The van der Waals surface area contributed by atoms with Gasteiger partial charge in [0.05, 0.1) is 12.2 Å². The van der Waals surface area contributed by atoms with E-state index < -0.39 is 0 Å². The van der Waals surface area contributed by atoms with Gasteiger partial charge in [-0.25, -0.2) is 0 Å². The van der Waals surface area contributed by atoms with Crippen LogP contribution in [0.15, 0.2) is 0 Å². The van der Waals surface area contributed by atoms with Crippen molar-refractivity contribution in [3.8, 4) is 0 Å². The van der Waals surface area contributed by atoms with Crippen LogP contribution < -0.4 is 5.73 Å². The van der Waals surface area contributed by atoms with Gasteiger partial charge in [-0.3, -0.25) is 0 Å². The van der Waals surface area contributed by atoms with Crippen LogP contribution in [0.5, 0.6) is 0 Å². The molecule has 0 aliphatic carbocycles. The van der Waals surface area contributed by atoms with Crippen LogP contribution in [0.25, 0.3) is 0 Å². The molecule has 2 aliphatic heterocycles. The monoisotopic (exact) mass is 183 g/mol. The summed E-state index contributed by atoms with van der Waals surface area (Å²) in [4.78, 5) is 0. The molecule has 0 spiro atoms. The van der Waals surface area contributed by atoms with Crippen LogP contribution in [0.1, 0.15) is 39.5 Å². The molecule has 0 amide bonds. The molecule has 0 radical (unpaired) electrons. The third-order valence-electron chi connectivity index (χ3n) is 3.60. The van der Waals surface area contributed by atoms with Gasteiger partial charge in [-0.15, -0.1) is 0 Å². The van der Waals surface area contributed by atoms with E-state index in [1.165, 1.54) is 25.7 Å². The van der Waals surface area contributed by atoms with Gasteiger partial charge in [-0.05, 0) is 43.6 Å². The fraction of sp³-hybridized carbons (Fsp3) is 1.00. The Morgan fingerprint density at radius 3 is 2.62 bits per heavy atom. The lowest BCUT2D eigenvalue weighted by Gasteiger charge is -2.29. The van der Waals surface area contributed by atoms with Gasteiger partial charge in [-0.2, -0.15) is 0 Å². The maximum atomic E-state index is 5.83. The van der Waals surface area contributed by atoms with E-state index in [4.69, 9.17) is 10.5 Å². The first-order valence-electron chi connectivity index (χ1n) is 5.46. The normalized spacial score (nSPS) is 38.5. The molecule has 2 bridgehead atoms. The van der Waals surface area contributed by atoms with E-state index in [0.717, 1.165) is 12.5 Å². The summed E-state index contributed by atoms with van der Waals surface area (Å²) < 4.78 is 5.83. The summed E-state index contributed by atoms with van der Waals surface area (Å²) in [6.07, 6.45) is 6.26. The molecule has 2 fully saturated rings. The second-order valence-electron chi connectivity index (χ2n) is 5.44. The Hall–Kier alpha value is -0.0800. The van der Waals surface area contributed by atoms with Gasteiger partial charge in [0.1, 0.15) is 0 Å². The number of fused-ring (bicyclic) bond motifs is 2. The molecule has 76 valence electrons. The highest BCUT2D eigenvalue weighted by Gasteiger charge is 2.42. The highest BCUT2D eigenvalue weighted by Crippen LogP contribution is 2.43. The minimum Gasteiger partial charge on any atom is -0.375 e. The van der Waals surface area contributed by atoms with Gasteiger partial charge in [0, 0.05) is 0 Å². The van der Waals surface area contributed by atoms with Crippen LogP contribution in [0.3, 0.4) is 0 Å². The molecule has 3 atom stereocenters. The molecular weight excluding hydrogens is 162 g/mol. The zero-order valence-corrected chi connectivity index (χ0v) is 8.75. The lowest BCUT2D eigenvalue weighted by Crippen LogP contribution is -2.30. The van der Waals surface area contributed by atoms with E-state index in [1.807, 2.05) is 0 Å². The summed E-state index contributed by atoms with van der Waals surface area (Å²) in [7, 11) is 0. The molecule has 3 unspecified atom stereocenters. The van der Waals surface area contributed by atoms with Crippen molar-refractivity contribution in [3.63, 3.8) is 0 Å². The topological polar surface area (TPSA) is 35.2 Å². The lowest BCUT2D eigenvalue weighted by molar-refractivity contribution is 0.0841. The fourth-order valence-corrected chi connectivity index (χ4v) is 2.75. The Morgan fingerprint density at radius 2 is 2.15 bits per heavy atom. The first kappa shape index (κ1) is 9.47. The number of ether oxygens (including phenoxy) is 1. The summed E-state index contributed by atoms with van der Waals surface area (Å²) >= 11 is 0. The predicted octanol–water partition coefficient (Wildman–Crippen LogP) is 1.93. The Labute approximate surface area is 80.8 Å². The number of hydrogen-bond acceptors (Lipinski definition) is 2. The van der Waals surface area contributed by atoms with Gasteiger partial charge in [0.15, 0.2) is 0 Å². The summed E-state index contributed by atoms with van der Waals surface area (Å²) in [5, 5.41) is 0. The zero-order chi connectivity index (χ0) is 9.47. The smallest absolute Gasteiger partial charge is 0.0609 e. The summed E-state index contributed by atoms with van der Waals surface area (Å²) in [5.41, 5.74) is 6.05. The van der Waals surface area contributed by atoms with E-state index in [-0.39, 0.29) is 0 Å². The molecule has 2 nitrogen and oxygen atoms in total. The van der Waals surface area contributed by atoms with Crippen LogP contribution in [0.2, 0.25) is 0 Å². The van der Waals surface area contributed by atoms with Crippen LogP contribution in [0, 0.1) is 11.3 Å². The molecule has 2 saturated heterocycles. The highest BCUT2D eigenvalue weighted by atomic mass is 16.5. The third kappa shape index (κ3) is 1.89. The van der Waals surface area contributed by atoms with E-state index in [2.05, 4.69) is 13.8 Å². The van der Waals surface area contributed by atoms with Crippen LogP contribution in [0.4, 0.5) is 0 Å². The summed E-state index contributed by atoms with van der Waals surface area (Å²) in [6, 6.07) is 0. The highest BCUT2D eigenvalue weighted by molar-refractivity contribution is 4.91. The van der Waals surface area contributed by atoms with Crippen molar-refractivity contribution in [2.24, 2.45) is 17.1 Å². The van der Waals surface area contributed by atoms with Crippen molar-refractivity contribution in [1.82, 2.24) is 0 Å². The third-order valence-corrected chi connectivity index (χ3v) is 3.60. The first-order chi connectivity index (χ1) is 6.11. The Balaban J connectivity index is 1.89. The first-order valence-corrected chi connectivity index (χ1v) is 5.46. The molecule has 2 N–H and O–H groups in total.